The van der Waals surface area contributed by atoms with E-state index >= 15 is 0 Å². The van der Waals surface area contributed by atoms with E-state index in [4.69, 9.17) is 10.0 Å². The highest BCUT2D eigenvalue weighted by molar-refractivity contribution is 6.58. The molecular weight excluding hydrogens is 245 g/mol. The highest BCUT2D eigenvalue weighted by atomic mass is 16.4. The zero-order chi connectivity index (χ0) is 14.0. The van der Waals surface area contributed by atoms with Crippen molar-refractivity contribution in [2.24, 2.45) is 0 Å². The smallest absolute Gasteiger partial charge is 0.423 e. The van der Waals surface area contributed by atoms with E-state index in [1.807, 2.05) is 0 Å². The normalized spacial score (nSPS) is 22.1. The van der Waals surface area contributed by atoms with Gasteiger partial charge >= 0.3 is 7.12 Å². The Morgan fingerprint density at radius 3 is 2.74 bits per heavy atom. The van der Waals surface area contributed by atoms with E-state index in [9.17, 15) is 9.90 Å². The van der Waals surface area contributed by atoms with Crippen molar-refractivity contribution in [3.63, 3.8) is 0 Å². The van der Waals surface area contributed by atoms with Crippen LogP contribution >= 0.6 is 0 Å². The van der Waals surface area contributed by atoms with E-state index in [1.54, 1.807) is 25.2 Å². The summed E-state index contributed by atoms with van der Waals surface area (Å²) in [6.07, 6.45) is 0.275. The van der Waals surface area contributed by atoms with Crippen LogP contribution in [0.25, 0.3) is 0 Å². The summed E-state index contributed by atoms with van der Waals surface area (Å²) in [5.41, 5.74) is -0.808. The first-order valence-corrected chi connectivity index (χ1v) is 5.89. The van der Waals surface area contributed by atoms with E-state index in [2.05, 4.69) is 11.8 Å². The third-order valence-corrected chi connectivity index (χ3v) is 3.11. The van der Waals surface area contributed by atoms with Crippen LogP contribution in [0.4, 0.5) is 0 Å². The molecule has 1 aromatic rings. The summed E-state index contributed by atoms with van der Waals surface area (Å²) in [4.78, 5) is 13.2. The van der Waals surface area contributed by atoms with Gasteiger partial charge in [-0.15, -0.1) is 0 Å². The second-order valence-electron chi connectivity index (χ2n) is 4.59. The van der Waals surface area contributed by atoms with Crippen LogP contribution in [-0.4, -0.2) is 52.3 Å². The number of amides is 1. The Hall–Kier alpha value is -1.81. The Balaban J connectivity index is 2.25. The van der Waals surface area contributed by atoms with Crippen molar-refractivity contribution >= 4 is 18.5 Å². The fourth-order valence-corrected chi connectivity index (χ4v) is 1.92. The summed E-state index contributed by atoms with van der Waals surface area (Å²) in [6, 6.07) is 6.36. The van der Waals surface area contributed by atoms with E-state index in [0.29, 0.717) is 17.6 Å². The molecule has 1 aliphatic heterocycles. The van der Waals surface area contributed by atoms with E-state index in [0.717, 1.165) is 0 Å². The molecule has 3 N–H and O–H groups in total. The summed E-state index contributed by atoms with van der Waals surface area (Å²) in [6.45, 7) is 0.472. The molecule has 0 aromatic heterocycles. The van der Waals surface area contributed by atoms with Gasteiger partial charge in [-0.1, -0.05) is 24.0 Å². The summed E-state index contributed by atoms with van der Waals surface area (Å²) < 4.78 is 0. The number of rotatable bonds is 1. The molecule has 0 aliphatic carbocycles. The number of nitrogens with zero attached hydrogens (tertiary/aromatic N) is 1. The van der Waals surface area contributed by atoms with Gasteiger partial charge in [0, 0.05) is 25.6 Å². The molecule has 0 spiro atoms. The van der Waals surface area contributed by atoms with Gasteiger partial charge in [-0.25, -0.2) is 0 Å². The van der Waals surface area contributed by atoms with Gasteiger partial charge in [0.25, 0.3) is 5.91 Å². The number of likely N-dealkylation sites (N-methyl/N-ethyl adjacent to an activating group) is 1. The van der Waals surface area contributed by atoms with Crippen molar-refractivity contribution in [2.45, 2.75) is 12.0 Å². The Labute approximate surface area is 111 Å². The monoisotopic (exact) mass is 259 g/mol. The summed E-state index contributed by atoms with van der Waals surface area (Å²) >= 11 is 0. The van der Waals surface area contributed by atoms with Crippen molar-refractivity contribution in [1.82, 2.24) is 4.90 Å². The lowest BCUT2D eigenvalue weighted by Gasteiger charge is -2.13. The Kier molecular flexibility index (Phi) is 3.62. The van der Waals surface area contributed by atoms with Crippen molar-refractivity contribution in [3.05, 3.63) is 29.8 Å². The maximum Gasteiger partial charge on any atom is 0.488 e. The fourth-order valence-electron chi connectivity index (χ4n) is 1.92. The minimum absolute atomic E-state index is 0.275. The van der Waals surface area contributed by atoms with Crippen LogP contribution in [0.15, 0.2) is 24.3 Å². The maximum atomic E-state index is 11.7. The quantitative estimate of drug-likeness (QED) is 0.415. The van der Waals surface area contributed by atoms with E-state index < -0.39 is 18.6 Å². The lowest BCUT2D eigenvalue weighted by molar-refractivity contribution is -0.137. The summed E-state index contributed by atoms with van der Waals surface area (Å²) in [5, 5.41) is 28.2. The molecule has 1 amide bonds. The van der Waals surface area contributed by atoms with Gasteiger partial charge in [-0.2, -0.15) is 0 Å². The van der Waals surface area contributed by atoms with Gasteiger partial charge in [0.1, 0.15) is 0 Å². The van der Waals surface area contributed by atoms with Crippen LogP contribution < -0.4 is 5.46 Å². The average molecular weight is 259 g/mol. The minimum Gasteiger partial charge on any atom is -0.423 e. The molecule has 1 atom stereocenters. The van der Waals surface area contributed by atoms with Gasteiger partial charge < -0.3 is 20.1 Å². The minimum atomic E-state index is -1.64. The molecule has 19 heavy (non-hydrogen) atoms. The highest BCUT2D eigenvalue weighted by Crippen LogP contribution is 2.20. The van der Waals surface area contributed by atoms with Gasteiger partial charge in [0.2, 0.25) is 5.60 Å². The number of aliphatic hydroxyl groups is 1. The molecule has 0 radical (unpaired) electrons. The standard InChI is InChI=1S/C13H14BNO4/c1-15-8-7-13(17,12(15)16)6-5-10-3-2-4-11(9-10)14(18)19/h2-4,9,17-19H,7-8H2,1H3. The number of likely N-dealkylation sites (tertiary alicyclic amines) is 1. The molecule has 6 heteroatoms. The van der Waals surface area contributed by atoms with Crippen molar-refractivity contribution in [3.8, 4) is 11.8 Å². The van der Waals surface area contributed by atoms with Crippen molar-refractivity contribution in [2.75, 3.05) is 13.6 Å². The second kappa shape index (κ2) is 5.06. The number of carbonyl (C=O) groups excluding carboxylic acids is 1. The zero-order valence-electron chi connectivity index (χ0n) is 10.5. The largest absolute Gasteiger partial charge is 0.488 e. The lowest BCUT2D eigenvalue weighted by atomic mass is 9.80. The molecule has 0 saturated carbocycles. The zero-order valence-corrected chi connectivity index (χ0v) is 10.5. The van der Waals surface area contributed by atoms with Gasteiger partial charge in [0.15, 0.2) is 0 Å². The molecule has 1 aliphatic rings. The van der Waals surface area contributed by atoms with Crippen LogP contribution in [0, 0.1) is 11.8 Å². The molecule has 98 valence electrons. The van der Waals surface area contributed by atoms with Gasteiger partial charge in [-0.3, -0.25) is 4.79 Å². The number of carbonyl (C=O) groups is 1. The van der Waals surface area contributed by atoms with E-state index in [1.165, 1.54) is 11.0 Å². The second-order valence-corrected chi connectivity index (χ2v) is 4.59. The summed E-state index contributed by atoms with van der Waals surface area (Å²) in [7, 11) is 0.0501. The first-order chi connectivity index (χ1) is 8.92. The lowest BCUT2D eigenvalue weighted by Crippen LogP contribution is -2.37. The van der Waals surface area contributed by atoms with Crippen LogP contribution in [0.3, 0.4) is 0 Å². The summed E-state index contributed by atoms with van der Waals surface area (Å²) in [5.74, 6) is 4.87. The predicted molar refractivity (Wildman–Crippen MR) is 70.3 cm³/mol. The van der Waals surface area contributed by atoms with Gasteiger partial charge in [-0.05, 0) is 17.6 Å². The van der Waals surface area contributed by atoms with Crippen LogP contribution in [-0.2, 0) is 4.79 Å². The molecule has 1 unspecified atom stereocenters. The molecule has 0 bridgehead atoms. The molecule has 1 saturated heterocycles. The average Bonchev–Trinajstić information content (AvgIpc) is 2.65. The van der Waals surface area contributed by atoms with Crippen LogP contribution in [0.5, 0.6) is 0 Å². The van der Waals surface area contributed by atoms with Crippen molar-refractivity contribution in [1.29, 1.82) is 0 Å². The van der Waals surface area contributed by atoms with Crippen molar-refractivity contribution < 1.29 is 19.9 Å². The SMILES string of the molecule is CN1CCC(O)(C#Cc2cccc(B(O)O)c2)C1=O. The Bertz CT molecular complexity index is 563. The number of benzene rings is 1. The molecule has 1 fully saturated rings. The maximum absolute atomic E-state index is 11.7. The highest BCUT2D eigenvalue weighted by Gasteiger charge is 2.42. The Morgan fingerprint density at radius 1 is 1.42 bits per heavy atom. The first kappa shape index (κ1) is 13.6. The Morgan fingerprint density at radius 2 is 2.16 bits per heavy atom. The number of hydrogen-bond donors (Lipinski definition) is 3. The molecule has 2 rings (SSSR count). The molecule has 1 heterocycles. The van der Waals surface area contributed by atoms with Crippen LogP contribution in [0.2, 0.25) is 0 Å². The number of hydrogen-bond acceptors (Lipinski definition) is 4. The molecule has 1 aromatic carbocycles. The van der Waals surface area contributed by atoms with Gasteiger partial charge in [0.05, 0.1) is 0 Å². The first-order valence-electron chi connectivity index (χ1n) is 5.89. The van der Waals surface area contributed by atoms with Crippen LogP contribution in [0.1, 0.15) is 12.0 Å². The molecular formula is C13H14BNO4. The topological polar surface area (TPSA) is 81.0 Å². The molecule has 5 nitrogen and oxygen atoms in total. The third-order valence-electron chi connectivity index (χ3n) is 3.11. The predicted octanol–water partition coefficient (Wildman–Crippen LogP) is -1.69. The third kappa shape index (κ3) is 2.79. The van der Waals surface area contributed by atoms with E-state index in [-0.39, 0.29) is 6.42 Å². The fraction of sp³-hybridized carbons (Fsp3) is 0.308.